The Morgan fingerprint density at radius 2 is 2.25 bits per heavy atom. The number of rotatable bonds is 4. The van der Waals surface area contributed by atoms with Crippen LogP contribution in [0.5, 0.6) is 0 Å². The summed E-state index contributed by atoms with van der Waals surface area (Å²) in [6.07, 6.45) is 9.89. The van der Waals surface area contributed by atoms with Crippen molar-refractivity contribution in [3.05, 3.63) is 12.2 Å². The lowest BCUT2D eigenvalue weighted by molar-refractivity contribution is -0.127. The average Bonchev–Trinajstić information content (AvgIpc) is 2.53. The van der Waals surface area contributed by atoms with Crippen molar-refractivity contribution in [2.75, 3.05) is 0 Å². The van der Waals surface area contributed by atoms with E-state index >= 15 is 0 Å². The second-order valence-corrected chi connectivity index (χ2v) is 4.85. The van der Waals surface area contributed by atoms with Crippen LogP contribution in [-0.4, -0.2) is 11.8 Å². The molecule has 16 heavy (non-hydrogen) atoms. The van der Waals surface area contributed by atoms with Crippen LogP contribution in [0.2, 0.25) is 0 Å². The van der Waals surface area contributed by atoms with Gasteiger partial charge in [0.05, 0.1) is 11.3 Å². The van der Waals surface area contributed by atoms with E-state index in [4.69, 9.17) is 0 Å². The van der Waals surface area contributed by atoms with Crippen LogP contribution in [0.15, 0.2) is 12.2 Å². The maximum absolute atomic E-state index is 12.0. The van der Waals surface area contributed by atoms with Crippen molar-refractivity contribution in [1.29, 1.82) is 0 Å². The lowest BCUT2D eigenvalue weighted by Gasteiger charge is -2.31. The molecule has 0 aromatic heterocycles. The Labute approximate surface area is 96.3 Å². The van der Waals surface area contributed by atoms with E-state index in [0.717, 1.165) is 38.5 Å². The van der Waals surface area contributed by atoms with Crippen LogP contribution in [-0.2, 0) is 9.59 Å². The monoisotopic (exact) mass is 221 g/mol. The van der Waals surface area contributed by atoms with Gasteiger partial charge < -0.3 is 0 Å². The number of imide groups is 1. The van der Waals surface area contributed by atoms with Crippen LogP contribution in [0, 0.1) is 11.3 Å². The Kier molecular flexibility index (Phi) is 3.13. The largest absolute Gasteiger partial charge is 0.295 e. The fraction of sp³-hybridized carbons (Fsp3) is 0.692. The summed E-state index contributed by atoms with van der Waals surface area (Å²) in [6.45, 7) is 2.14. The predicted molar refractivity (Wildman–Crippen MR) is 61.6 cm³/mol. The predicted octanol–water partition coefficient (Wildman–Crippen LogP) is 2.18. The first-order valence-electron chi connectivity index (χ1n) is 6.23. The summed E-state index contributed by atoms with van der Waals surface area (Å²) in [6, 6.07) is 0. The smallest absolute Gasteiger partial charge is 0.237 e. The van der Waals surface area contributed by atoms with Crippen LogP contribution < -0.4 is 5.32 Å². The molecule has 0 aromatic carbocycles. The van der Waals surface area contributed by atoms with Crippen molar-refractivity contribution in [1.82, 2.24) is 5.32 Å². The minimum Gasteiger partial charge on any atom is -0.295 e. The molecule has 2 atom stereocenters. The van der Waals surface area contributed by atoms with E-state index in [1.807, 2.05) is 6.08 Å². The zero-order chi connectivity index (χ0) is 11.6. The van der Waals surface area contributed by atoms with Crippen LogP contribution in [0.25, 0.3) is 0 Å². The third kappa shape index (κ3) is 1.68. The number of hydrogen-bond donors (Lipinski definition) is 1. The molecule has 1 aliphatic carbocycles. The Morgan fingerprint density at radius 1 is 1.44 bits per heavy atom. The van der Waals surface area contributed by atoms with Crippen molar-refractivity contribution in [2.45, 2.75) is 45.4 Å². The second kappa shape index (κ2) is 4.40. The number of fused-ring (bicyclic) bond motifs is 1. The highest BCUT2D eigenvalue weighted by Gasteiger charge is 2.53. The highest BCUT2D eigenvalue weighted by molar-refractivity contribution is 6.08. The molecule has 3 nitrogen and oxygen atoms in total. The summed E-state index contributed by atoms with van der Waals surface area (Å²) in [4.78, 5) is 23.6. The molecule has 1 N–H and O–H groups in total. The molecule has 2 unspecified atom stereocenters. The molecular weight excluding hydrogens is 202 g/mol. The van der Waals surface area contributed by atoms with Crippen molar-refractivity contribution >= 4 is 11.8 Å². The van der Waals surface area contributed by atoms with Gasteiger partial charge in [-0.2, -0.15) is 0 Å². The molecule has 2 amide bonds. The molecule has 1 saturated heterocycles. The first kappa shape index (κ1) is 11.4. The van der Waals surface area contributed by atoms with Gasteiger partial charge in [0.1, 0.15) is 0 Å². The average molecular weight is 221 g/mol. The topological polar surface area (TPSA) is 46.2 Å². The van der Waals surface area contributed by atoms with E-state index in [-0.39, 0.29) is 17.7 Å². The van der Waals surface area contributed by atoms with Crippen molar-refractivity contribution in [2.24, 2.45) is 11.3 Å². The summed E-state index contributed by atoms with van der Waals surface area (Å²) in [5.41, 5.74) is -0.509. The zero-order valence-electron chi connectivity index (χ0n) is 9.79. The van der Waals surface area contributed by atoms with E-state index in [1.54, 1.807) is 0 Å². The van der Waals surface area contributed by atoms with Gasteiger partial charge >= 0.3 is 0 Å². The lowest BCUT2D eigenvalue weighted by atomic mass is 9.69. The third-order valence-corrected chi connectivity index (χ3v) is 3.83. The van der Waals surface area contributed by atoms with Crippen LogP contribution in [0.3, 0.4) is 0 Å². The summed E-state index contributed by atoms with van der Waals surface area (Å²) in [5.74, 6) is -0.248. The Hall–Kier alpha value is -1.12. The first-order chi connectivity index (χ1) is 7.70. The number of hydrogen-bond acceptors (Lipinski definition) is 2. The minimum absolute atomic E-state index is 0.0640. The van der Waals surface area contributed by atoms with Crippen molar-refractivity contribution in [3.63, 3.8) is 0 Å². The van der Waals surface area contributed by atoms with E-state index in [2.05, 4.69) is 18.3 Å². The van der Waals surface area contributed by atoms with E-state index in [0.29, 0.717) is 0 Å². The number of carbonyl (C=O) groups excluding carboxylic acids is 2. The summed E-state index contributed by atoms with van der Waals surface area (Å²) >= 11 is 0. The van der Waals surface area contributed by atoms with Gasteiger partial charge in [-0.15, -0.1) is 0 Å². The van der Waals surface area contributed by atoms with Gasteiger partial charge in [0.25, 0.3) is 0 Å². The summed E-state index contributed by atoms with van der Waals surface area (Å²) < 4.78 is 0. The number of carbonyl (C=O) groups is 2. The molecule has 0 saturated carbocycles. The highest BCUT2D eigenvalue weighted by atomic mass is 16.2. The molecule has 2 rings (SSSR count). The van der Waals surface area contributed by atoms with Gasteiger partial charge in [-0.1, -0.05) is 38.3 Å². The van der Waals surface area contributed by atoms with Crippen LogP contribution in [0.1, 0.15) is 45.4 Å². The molecule has 0 aromatic rings. The number of unbranched alkanes of at least 4 members (excludes halogenated alkanes) is 2. The molecule has 1 heterocycles. The van der Waals surface area contributed by atoms with Gasteiger partial charge in [-0.25, -0.2) is 0 Å². The summed E-state index contributed by atoms with van der Waals surface area (Å²) in [7, 11) is 0. The van der Waals surface area contributed by atoms with Crippen molar-refractivity contribution < 1.29 is 9.59 Å². The molecule has 0 spiro atoms. The molecule has 1 aliphatic heterocycles. The first-order valence-corrected chi connectivity index (χ1v) is 6.23. The second-order valence-electron chi connectivity index (χ2n) is 4.85. The van der Waals surface area contributed by atoms with Gasteiger partial charge in [0.15, 0.2) is 0 Å². The van der Waals surface area contributed by atoms with Crippen LogP contribution >= 0.6 is 0 Å². The normalized spacial score (nSPS) is 32.7. The third-order valence-electron chi connectivity index (χ3n) is 3.83. The molecule has 0 radical (unpaired) electrons. The maximum atomic E-state index is 12.0. The van der Waals surface area contributed by atoms with Gasteiger partial charge in [0, 0.05) is 0 Å². The highest BCUT2D eigenvalue weighted by Crippen LogP contribution is 2.44. The number of allylic oxidation sites excluding steroid dienone is 1. The quantitative estimate of drug-likeness (QED) is 0.449. The standard InChI is InChI=1S/C13H19NO2/c1-2-3-5-8-13-9-6-4-7-10(13)11(15)14-12(13)16/h6,9-10H,2-5,7-8H2,1H3,(H,14,15,16). The number of nitrogens with one attached hydrogen (secondary N) is 1. The zero-order valence-corrected chi connectivity index (χ0v) is 9.79. The summed E-state index contributed by atoms with van der Waals surface area (Å²) in [5, 5.41) is 2.50. The Bertz CT molecular complexity index is 335. The van der Waals surface area contributed by atoms with E-state index in [9.17, 15) is 9.59 Å². The van der Waals surface area contributed by atoms with Gasteiger partial charge in [0.2, 0.25) is 11.8 Å². The Morgan fingerprint density at radius 3 is 3.00 bits per heavy atom. The SMILES string of the molecule is CCCCCC12C=CCCC1C(=O)NC2=O. The van der Waals surface area contributed by atoms with Gasteiger partial charge in [-0.3, -0.25) is 14.9 Å². The maximum Gasteiger partial charge on any atom is 0.237 e. The molecule has 0 bridgehead atoms. The fourth-order valence-corrected chi connectivity index (χ4v) is 2.88. The molecule has 3 heteroatoms. The molecule has 2 aliphatic rings. The van der Waals surface area contributed by atoms with E-state index < -0.39 is 5.41 Å². The van der Waals surface area contributed by atoms with Gasteiger partial charge in [-0.05, 0) is 19.3 Å². The van der Waals surface area contributed by atoms with E-state index in [1.165, 1.54) is 0 Å². The van der Waals surface area contributed by atoms with Crippen LogP contribution in [0.4, 0.5) is 0 Å². The fourth-order valence-electron chi connectivity index (χ4n) is 2.88. The van der Waals surface area contributed by atoms with Crippen molar-refractivity contribution in [3.8, 4) is 0 Å². The Balaban J connectivity index is 2.18. The minimum atomic E-state index is -0.509. The molecule has 1 fully saturated rings. The lowest BCUT2D eigenvalue weighted by Crippen LogP contribution is -2.34. The molecule has 88 valence electrons. The molecular formula is C13H19NO2. The number of amides is 2.